The predicted octanol–water partition coefficient (Wildman–Crippen LogP) is 3.03. The van der Waals surface area contributed by atoms with Gasteiger partial charge in [-0.25, -0.2) is 0 Å². The number of alkyl halides is 2. The van der Waals surface area contributed by atoms with E-state index in [1.165, 1.54) is 18.2 Å². The zero-order chi connectivity index (χ0) is 17.3. The van der Waals surface area contributed by atoms with Gasteiger partial charge >= 0.3 is 6.61 Å². The fraction of sp³-hybridized carbons (Fsp3) is 0.294. The highest BCUT2D eigenvalue weighted by Crippen LogP contribution is 2.48. The van der Waals surface area contributed by atoms with Crippen molar-refractivity contribution in [3.05, 3.63) is 57.9 Å². The number of halogens is 2. The Hall–Kier alpha value is -2.70. The lowest BCUT2D eigenvalue weighted by Crippen LogP contribution is -2.18. The van der Waals surface area contributed by atoms with Gasteiger partial charge in [-0.2, -0.15) is 8.78 Å². The molecule has 24 heavy (non-hydrogen) atoms. The molecule has 1 heterocycles. The van der Waals surface area contributed by atoms with Crippen molar-refractivity contribution in [2.24, 2.45) is 5.92 Å². The topological polar surface area (TPSA) is 71.2 Å². The number of carbonyl (C=O) groups is 1. The zero-order valence-electron chi connectivity index (χ0n) is 12.9. The Morgan fingerprint density at radius 3 is 2.62 bits per heavy atom. The van der Waals surface area contributed by atoms with E-state index in [9.17, 15) is 18.4 Å². The predicted molar refractivity (Wildman–Crippen MR) is 84.4 cm³/mol. The van der Waals surface area contributed by atoms with Gasteiger partial charge in [0.15, 0.2) is 0 Å². The monoisotopic (exact) mass is 334 g/mol. The molecule has 1 aromatic carbocycles. The highest BCUT2D eigenvalue weighted by Gasteiger charge is 2.44. The second-order valence-corrected chi connectivity index (χ2v) is 5.82. The summed E-state index contributed by atoms with van der Waals surface area (Å²) in [4.78, 5) is 26.2. The summed E-state index contributed by atoms with van der Waals surface area (Å²) in [7, 11) is 0. The first kappa shape index (κ1) is 16.2. The van der Waals surface area contributed by atoms with E-state index in [1.54, 1.807) is 25.1 Å². The van der Waals surface area contributed by atoms with E-state index in [0.717, 1.165) is 11.1 Å². The highest BCUT2D eigenvalue weighted by atomic mass is 19.3. The molecule has 2 aromatic rings. The lowest BCUT2D eigenvalue weighted by Gasteiger charge is -2.07. The molecule has 1 aliphatic rings. The van der Waals surface area contributed by atoms with Crippen molar-refractivity contribution in [3.8, 4) is 5.75 Å². The van der Waals surface area contributed by atoms with E-state index in [0.29, 0.717) is 12.2 Å². The zero-order valence-corrected chi connectivity index (χ0v) is 12.9. The second kappa shape index (κ2) is 6.43. The minimum Gasteiger partial charge on any atom is -0.435 e. The molecule has 0 saturated heterocycles. The number of pyridine rings is 1. The summed E-state index contributed by atoms with van der Waals surface area (Å²) >= 11 is 0. The number of aromatic nitrogens is 1. The Labute approximate surface area is 136 Å². The largest absolute Gasteiger partial charge is 0.435 e. The number of hydrogen-bond acceptors (Lipinski definition) is 3. The number of aromatic amines is 1. The van der Waals surface area contributed by atoms with Crippen LogP contribution in [-0.2, 0) is 4.79 Å². The first-order valence-corrected chi connectivity index (χ1v) is 7.49. The summed E-state index contributed by atoms with van der Waals surface area (Å²) in [5.74, 6) is 0.135. The minimum atomic E-state index is -2.85. The third-order valence-corrected chi connectivity index (χ3v) is 3.91. The van der Waals surface area contributed by atoms with Crippen LogP contribution in [0.4, 0.5) is 14.6 Å². The number of H-pyrrole nitrogens is 1. The van der Waals surface area contributed by atoms with Crippen molar-refractivity contribution in [1.29, 1.82) is 0 Å². The van der Waals surface area contributed by atoms with Crippen molar-refractivity contribution in [1.82, 2.24) is 4.98 Å². The molecule has 1 amide bonds. The van der Waals surface area contributed by atoms with Gasteiger partial charge in [-0.3, -0.25) is 9.59 Å². The average Bonchev–Trinajstić information content (AvgIpc) is 3.27. The Balaban J connectivity index is 1.62. The molecule has 3 rings (SSSR count). The van der Waals surface area contributed by atoms with Gasteiger partial charge in [-0.05, 0) is 48.6 Å². The number of aryl methyl sites for hydroxylation is 1. The Morgan fingerprint density at radius 1 is 1.29 bits per heavy atom. The van der Waals surface area contributed by atoms with E-state index in [4.69, 9.17) is 0 Å². The molecule has 1 aliphatic carbocycles. The van der Waals surface area contributed by atoms with Crippen molar-refractivity contribution in [2.75, 3.05) is 5.32 Å². The van der Waals surface area contributed by atoms with E-state index in [1.807, 2.05) is 0 Å². The molecule has 0 radical (unpaired) electrons. The average molecular weight is 334 g/mol. The normalized spacial score (nSPS) is 19.2. The smallest absolute Gasteiger partial charge is 0.387 e. The lowest BCUT2D eigenvalue weighted by molar-refractivity contribution is -0.117. The fourth-order valence-corrected chi connectivity index (χ4v) is 2.72. The Morgan fingerprint density at radius 2 is 2.00 bits per heavy atom. The van der Waals surface area contributed by atoms with Gasteiger partial charge in [0.25, 0.3) is 0 Å². The quantitative estimate of drug-likeness (QED) is 0.883. The summed E-state index contributed by atoms with van der Waals surface area (Å²) in [6.07, 6.45) is 0.678. The molecule has 7 heteroatoms. The number of nitrogens with one attached hydrogen (secondary N) is 2. The molecule has 1 saturated carbocycles. The van der Waals surface area contributed by atoms with E-state index >= 15 is 0 Å². The Kier molecular flexibility index (Phi) is 4.33. The van der Waals surface area contributed by atoms with Crippen molar-refractivity contribution < 1.29 is 18.3 Å². The molecular formula is C17H16F2N2O3. The second-order valence-electron chi connectivity index (χ2n) is 5.82. The molecule has 0 bridgehead atoms. The van der Waals surface area contributed by atoms with Crippen LogP contribution in [0.3, 0.4) is 0 Å². The van der Waals surface area contributed by atoms with Crippen LogP contribution in [0.5, 0.6) is 5.75 Å². The number of rotatable bonds is 5. The maximum absolute atomic E-state index is 12.2. The summed E-state index contributed by atoms with van der Waals surface area (Å²) in [6.45, 7) is -1.08. The van der Waals surface area contributed by atoms with Crippen molar-refractivity contribution >= 4 is 11.7 Å². The van der Waals surface area contributed by atoms with Gasteiger partial charge in [0.2, 0.25) is 11.5 Å². The highest BCUT2D eigenvalue weighted by molar-refractivity contribution is 5.94. The lowest BCUT2D eigenvalue weighted by atomic mass is 10.1. The van der Waals surface area contributed by atoms with Crippen LogP contribution < -0.4 is 15.6 Å². The fourth-order valence-electron chi connectivity index (χ4n) is 2.72. The van der Waals surface area contributed by atoms with E-state index in [2.05, 4.69) is 15.0 Å². The summed E-state index contributed by atoms with van der Waals surface area (Å²) in [5, 5.41) is 2.70. The van der Waals surface area contributed by atoms with Gasteiger partial charge in [-0.1, -0.05) is 12.1 Å². The third-order valence-electron chi connectivity index (χ3n) is 3.91. The van der Waals surface area contributed by atoms with Crippen LogP contribution in [0, 0.1) is 12.8 Å². The summed E-state index contributed by atoms with van der Waals surface area (Å²) in [6, 6.07) is 9.43. The van der Waals surface area contributed by atoms with Gasteiger partial charge in [0.05, 0.1) is 0 Å². The first-order chi connectivity index (χ1) is 11.4. The number of hydrogen-bond donors (Lipinski definition) is 2. The van der Waals surface area contributed by atoms with E-state index < -0.39 is 6.61 Å². The SMILES string of the molecule is Cc1cc(NC(=O)[C@@H]2C[C@H]2c2ccc(OC(F)F)cc2)[nH]c(=O)c1. The number of amides is 1. The molecule has 1 fully saturated rings. The molecule has 2 N–H and O–H groups in total. The molecule has 1 aromatic heterocycles. The number of anilines is 1. The molecule has 2 atom stereocenters. The van der Waals surface area contributed by atoms with Crippen LogP contribution >= 0.6 is 0 Å². The first-order valence-electron chi connectivity index (χ1n) is 7.49. The molecule has 0 aliphatic heterocycles. The van der Waals surface area contributed by atoms with Gasteiger partial charge in [0.1, 0.15) is 11.6 Å². The van der Waals surface area contributed by atoms with E-state index in [-0.39, 0.29) is 29.1 Å². The molecular weight excluding hydrogens is 318 g/mol. The molecule has 126 valence electrons. The molecule has 0 unspecified atom stereocenters. The van der Waals surface area contributed by atoms with Crippen LogP contribution in [0.2, 0.25) is 0 Å². The van der Waals surface area contributed by atoms with Gasteiger partial charge < -0.3 is 15.0 Å². The number of ether oxygens (including phenoxy) is 1. The summed E-state index contributed by atoms with van der Waals surface area (Å²) < 4.78 is 28.5. The Bertz CT molecular complexity index is 802. The van der Waals surface area contributed by atoms with Crippen molar-refractivity contribution in [3.63, 3.8) is 0 Å². The maximum atomic E-state index is 12.2. The van der Waals surface area contributed by atoms with Crippen LogP contribution in [0.25, 0.3) is 0 Å². The number of carbonyl (C=O) groups excluding carboxylic acids is 1. The van der Waals surface area contributed by atoms with Gasteiger partial charge in [-0.15, -0.1) is 0 Å². The van der Waals surface area contributed by atoms with Gasteiger partial charge in [0, 0.05) is 12.0 Å². The van der Waals surface area contributed by atoms with Crippen LogP contribution in [0.15, 0.2) is 41.2 Å². The third kappa shape index (κ3) is 3.79. The minimum absolute atomic E-state index is 0.0436. The molecule has 0 spiro atoms. The number of benzene rings is 1. The summed E-state index contributed by atoms with van der Waals surface area (Å²) in [5.41, 5.74) is 1.39. The van der Waals surface area contributed by atoms with Crippen LogP contribution in [-0.4, -0.2) is 17.5 Å². The standard InChI is InChI=1S/C17H16F2N2O3/c1-9-6-14(20-15(22)7-9)21-16(23)13-8-12(13)10-2-4-11(5-3-10)24-17(18)19/h2-7,12-13,17H,8H2,1H3,(H2,20,21,22,23)/t12-,13+/m0/s1. The van der Waals surface area contributed by atoms with Crippen LogP contribution in [0.1, 0.15) is 23.5 Å². The van der Waals surface area contributed by atoms with Crippen molar-refractivity contribution in [2.45, 2.75) is 25.9 Å². The maximum Gasteiger partial charge on any atom is 0.387 e. The molecule has 5 nitrogen and oxygen atoms in total.